The van der Waals surface area contributed by atoms with Crippen LogP contribution in [-0.4, -0.2) is 17.1 Å². The number of ether oxygens (including phenoxy) is 1. The number of hydrogen-bond acceptors (Lipinski definition) is 3. The highest BCUT2D eigenvalue weighted by molar-refractivity contribution is 14.1. The van der Waals surface area contributed by atoms with Crippen LogP contribution in [0.2, 0.25) is 5.15 Å². The molecule has 0 saturated heterocycles. The van der Waals surface area contributed by atoms with Crippen LogP contribution in [0.3, 0.4) is 0 Å². The highest BCUT2D eigenvalue weighted by Crippen LogP contribution is 2.43. The molecule has 0 N–H and O–H groups in total. The van der Waals surface area contributed by atoms with Gasteiger partial charge in [-0.1, -0.05) is 23.7 Å². The second-order valence-electron chi connectivity index (χ2n) is 4.51. The largest absolute Gasteiger partial charge is 0.496 e. The zero-order valence-corrected chi connectivity index (χ0v) is 13.3. The van der Waals surface area contributed by atoms with Gasteiger partial charge in [0.25, 0.3) is 0 Å². The number of methoxy groups -OCH3 is 1. The number of nitrogens with zero attached hydrogens (tertiary/aromatic N) is 2. The molecule has 0 spiro atoms. The van der Waals surface area contributed by atoms with Crippen molar-refractivity contribution in [2.24, 2.45) is 0 Å². The van der Waals surface area contributed by atoms with Crippen LogP contribution >= 0.6 is 34.2 Å². The molecule has 0 unspecified atom stereocenters. The summed E-state index contributed by atoms with van der Waals surface area (Å²) in [7, 11) is 1.65. The lowest BCUT2D eigenvalue weighted by molar-refractivity contribution is 0.416. The van der Waals surface area contributed by atoms with Crippen molar-refractivity contribution < 1.29 is 4.74 Å². The van der Waals surface area contributed by atoms with Gasteiger partial charge < -0.3 is 4.74 Å². The molecule has 1 heterocycles. The lowest BCUT2D eigenvalue weighted by atomic mass is 10.1. The molecule has 0 aliphatic heterocycles. The molecule has 1 aliphatic rings. The van der Waals surface area contributed by atoms with Gasteiger partial charge in [-0.05, 0) is 47.6 Å². The predicted molar refractivity (Wildman–Crippen MR) is 83.7 cm³/mol. The first kappa shape index (κ1) is 13.1. The van der Waals surface area contributed by atoms with Crippen molar-refractivity contribution in [3.63, 3.8) is 0 Å². The van der Waals surface area contributed by atoms with Crippen LogP contribution in [0.4, 0.5) is 0 Å². The fourth-order valence-electron chi connectivity index (χ4n) is 2.01. The Kier molecular flexibility index (Phi) is 3.62. The third-order valence-electron chi connectivity index (χ3n) is 3.15. The molecule has 0 amide bonds. The molecule has 3 rings (SSSR count). The zero-order chi connectivity index (χ0) is 13.4. The molecule has 1 aliphatic carbocycles. The van der Waals surface area contributed by atoms with Gasteiger partial charge in [-0.3, -0.25) is 0 Å². The maximum atomic E-state index is 6.24. The first-order chi connectivity index (χ1) is 9.20. The topological polar surface area (TPSA) is 35.0 Å². The molecule has 0 atom stereocenters. The lowest BCUT2D eigenvalue weighted by Crippen LogP contribution is -2.00. The summed E-state index contributed by atoms with van der Waals surface area (Å²) >= 11 is 8.46. The van der Waals surface area contributed by atoms with E-state index >= 15 is 0 Å². The molecule has 2 aromatic rings. The molecular weight excluding hydrogens is 375 g/mol. The average Bonchev–Trinajstić information content (AvgIpc) is 3.26. The minimum atomic E-state index is 0.526. The first-order valence-electron chi connectivity index (χ1n) is 6.07. The fourth-order valence-corrected chi connectivity index (χ4v) is 2.87. The van der Waals surface area contributed by atoms with Gasteiger partial charge in [-0.25, -0.2) is 9.97 Å². The molecule has 98 valence electrons. The van der Waals surface area contributed by atoms with Crippen LogP contribution in [0.15, 0.2) is 24.3 Å². The minimum Gasteiger partial charge on any atom is -0.496 e. The number of halogens is 2. The molecule has 19 heavy (non-hydrogen) atoms. The van der Waals surface area contributed by atoms with E-state index in [1.165, 1.54) is 12.8 Å². The van der Waals surface area contributed by atoms with Crippen LogP contribution in [0.25, 0.3) is 11.4 Å². The van der Waals surface area contributed by atoms with Gasteiger partial charge in [0.05, 0.1) is 21.9 Å². The third-order valence-corrected chi connectivity index (χ3v) is 4.80. The average molecular weight is 387 g/mol. The Morgan fingerprint density at radius 1 is 1.26 bits per heavy atom. The van der Waals surface area contributed by atoms with E-state index in [2.05, 4.69) is 27.6 Å². The third kappa shape index (κ3) is 2.56. The van der Waals surface area contributed by atoms with Crippen molar-refractivity contribution in [2.75, 3.05) is 7.11 Å². The van der Waals surface area contributed by atoms with E-state index in [-0.39, 0.29) is 0 Å². The zero-order valence-electron chi connectivity index (χ0n) is 10.4. The molecule has 0 radical (unpaired) electrons. The van der Waals surface area contributed by atoms with E-state index in [9.17, 15) is 0 Å². The summed E-state index contributed by atoms with van der Waals surface area (Å²) in [4.78, 5) is 9.08. The molecule has 1 aromatic heterocycles. The van der Waals surface area contributed by atoms with E-state index in [0.717, 1.165) is 20.6 Å². The van der Waals surface area contributed by atoms with Crippen molar-refractivity contribution in [1.82, 2.24) is 9.97 Å². The Labute approximate surface area is 130 Å². The van der Waals surface area contributed by atoms with E-state index in [0.29, 0.717) is 16.9 Å². The number of aromatic nitrogens is 2. The van der Waals surface area contributed by atoms with Gasteiger partial charge >= 0.3 is 0 Å². The van der Waals surface area contributed by atoms with Crippen molar-refractivity contribution in [3.8, 4) is 17.1 Å². The number of benzene rings is 1. The SMILES string of the molecule is COc1ccccc1-c1nc(Cl)c(I)c(C2CC2)n1. The van der Waals surface area contributed by atoms with Crippen molar-refractivity contribution >= 4 is 34.2 Å². The summed E-state index contributed by atoms with van der Waals surface area (Å²) in [5.74, 6) is 1.95. The lowest BCUT2D eigenvalue weighted by Gasteiger charge is -2.10. The Morgan fingerprint density at radius 2 is 2.00 bits per heavy atom. The number of hydrogen-bond donors (Lipinski definition) is 0. The predicted octanol–water partition coefficient (Wildman–Crippen LogP) is 4.29. The standard InChI is InChI=1S/C14H12ClIN2O/c1-19-10-5-3-2-4-9(10)14-17-12(8-6-7-8)11(16)13(15)18-14/h2-5,8H,6-7H2,1H3. The quantitative estimate of drug-likeness (QED) is 0.583. The highest BCUT2D eigenvalue weighted by Gasteiger charge is 2.29. The van der Waals surface area contributed by atoms with Crippen LogP contribution in [0, 0.1) is 3.57 Å². The van der Waals surface area contributed by atoms with Crippen molar-refractivity contribution in [2.45, 2.75) is 18.8 Å². The second-order valence-corrected chi connectivity index (χ2v) is 5.95. The van der Waals surface area contributed by atoms with Crippen molar-refractivity contribution in [3.05, 3.63) is 38.7 Å². The van der Waals surface area contributed by atoms with E-state index in [1.54, 1.807) is 7.11 Å². The number of para-hydroxylation sites is 1. The van der Waals surface area contributed by atoms with Crippen LogP contribution in [0.1, 0.15) is 24.5 Å². The van der Waals surface area contributed by atoms with Gasteiger partial charge in [0, 0.05) is 5.92 Å². The minimum absolute atomic E-state index is 0.526. The van der Waals surface area contributed by atoms with Gasteiger partial charge in [-0.2, -0.15) is 0 Å². The maximum absolute atomic E-state index is 6.24. The Morgan fingerprint density at radius 3 is 2.68 bits per heavy atom. The molecule has 3 nitrogen and oxygen atoms in total. The van der Waals surface area contributed by atoms with Crippen LogP contribution < -0.4 is 4.74 Å². The van der Waals surface area contributed by atoms with Crippen molar-refractivity contribution in [1.29, 1.82) is 0 Å². The van der Waals surface area contributed by atoms with Crippen LogP contribution in [0.5, 0.6) is 5.75 Å². The summed E-state index contributed by atoms with van der Waals surface area (Å²) in [6.45, 7) is 0. The van der Waals surface area contributed by atoms with E-state index < -0.39 is 0 Å². The highest BCUT2D eigenvalue weighted by atomic mass is 127. The summed E-state index contributed by atoms with van der Waals surface area (Å²) in [5, 5.41) is 0.526. The molecule has 1 saturated carbocycles. The van der Waals surface area contributed by atoms with Crippen LogP contribution in [-0.2, 0) is 0 Å². The summed E-state index contributed by atoms with van der Waals surface area (Å²) in [6, 6.07) is 7.73. The van der Waals surface area contributed by atoms with Gasteiger partial charge in [0.2, 0.25) is 0 Å². The van der Waals surface area contributed by atoms with Gasteiger partial charge in [0.1, 0.15) is 10.9 Å². The Hall–Kier alpha value is -0.880. The van der Waals surface area contributed by atoms with E-state index in [1.807, 2.05) is 24.3 Å². The maximum Gasteiger partial charge on any atom is 0.164 e. The smallest absolute Gasteiger partial charge is 0.164 e. The summed E-state index contributed by atoms with van der Waals surface area (Å²) < 4.78 is 6.33. The van der Waals surface area contributed by atoms with Gasteiger partial charge in [0.15, 0.2) is 5.82 Å². The normalized spacial score (nSPS) is 14.5. The summed E-state index contributed by atoms with van der Waals surface area (Å²) in [5.41, 5.74) is 1.95. The monoisotopic (exact) mass is 386 g/mol. The molecule has 1 fully saturated rings. The van der Waals surface area contributed by atoms with Gasteiger partial charge in [-0.15, -0.1) is 0 Å². The number of rotatable bonds is 3. The van der Waals surface area contributed by atoms with E-state index in [4.69, 9.17) is 21.3 Å². The Bertz CT molecular complexity index is 629. The molecule has 5 heteroatoms. The Balaban J connectivity index is 2.14. The molecular formula is C14H12ClIN2O. The summed E-state index contributed by atoms with van der Waals surface area (Å²) in [6.07, 6.45) is 2.38. The molecule has 1 aromatic carbocycles. The second kappa shape index (κ2) is 5.25. The first-order valence-corrected chi connectivity index (χ1v) is 7.52. The fraction of sp³-hybridized carbons (Fsp3) is 0.286. The molecule has 0 bridgehead atoms.